The monoisotopic (exact) mass is 210 g/mol. The van der Waals surface area contributed by atoms with Gasteiger partial charge in [0.15, 0.2) is 0 Å². The zero-order valence-electron chi connectivity index (χ0n) is 9.23. The molecule has 0 saturated carbocycles. The van der Waals surface area contributed by atoms with E-state index in [1.807, 2.05) is 0 Å². The maximum atomic E-state index is 5.45. The Hall–Kier alpha value is -1.36. The number of hydrogen-bond acceptors (Lipinski definition) is 5. The van der Waals surface area contributed by atoms with Crippen molar-refractivity contribution >= 4 is 5.82 Å². The van der Waals surface area contributed by atoms with E-state index in [4.69, 9.17) is 10.6 Å². The zero-order chi connectivity index (χ0) is 11.1. The summed E-state index contributed by atoms with van der Waals surface area (Å²) in [6.07, 6.45) is 3.62. The first-order valence-electron chi connectivity index (χ1n) is 5.14. The topological polar surface area (TPSA) is 73.1 Å². The SMILES string of the molecule is CC(C)CCCOc1cc(NN)ncn1. The maximum absolute atomic E-state index is 5.45. The van der Waals surface area contributed by atoms with Crippen molar-refractivity contribution in [2.45, 2.75) is 26.7 Å². The summed E-state index contributed by atoms with van der Waals surface area (Å²) < 4.78 is 5.45. The Morgan fingerprint density at radius 1 is 1.47 bits per heavy atom. The van der Waals surface area contributed by atoms with Crippen LogP contribution in [0.2, 0.25) is 0 Å². The van der Waals surface area contributed by atoms with Crippen molar-refractivity contribution in [1.82, 2.24) is 9.97 Å². The lowest BCUT2D eigenvalue weighted by atomic mass is 10.1. The Morgan fingerprint density at radius 3 is 2.93 bits per heavy atom. The fraction of sp³-hybridized carbons (Fsp3) is 0.600. The standard InChI is InChI=1S/C10H18N4O/c1-8(2)4-3-5-15-10-6-9(14-11)12-7-13-10/h6-8H,3-5,11H2,1-2H3,(H,12,13,14). The number of hydrogen-bond donors (Lipinski definition) is 2. The molecule has 1 aromatic heterocycles. The molecule has 0 aliphatic rings. The van der Waals surface area contributed by atoms with Gasteiger partial charge in [0.05, 0.1) is 6.61 Å². The van der Waals surface area contributed by atoms with E-state index >= 15 is 0 Å². The third-order valence-corrected chi connectivity index (χ3v) is 1.97. The Bertz CT molecular complexity index is 291. The van der Waals surface area contributed by atoms with Gasteiger partial charge < -0.3 is 10.2 Å². The molecule has 0 atom stereocenters. The van der Waals surface area contributed by atoms with Gasteiger partial charge in [-0.15, -0.1) is 0 Å². The quantitative estimate of drug-likeness (QED) is 0.423. The number of nitrogens with one attached hydrogen (secondary N) is 1. The molecule has 0 aliphatic carbocycles. The number of ether oxygens (including phenoxy) is 1. The molecule has 84 valence electrons. The molecule has 0 fully saturated rings. The van der Waals surface area contributed by atoms with Crippen LogP contribution in [0.15, 0.2) is 12.4 Å². The van der Waals surface area contributed by atoms with E-state index in [1.54, 1.807) is 6.07 Å². The van der Waals surface area contributed by atoms with Gasteiger partial charge in [-0.2, -0.15) is 0 Å². The fourth-order valence-electron chi connectivity index (χ4n) is 1.17. The van der Waals surface area contributed by atoms with Gasteiger partial charge in [-0.05, 0) is 18.8 Å². The van der Waals surface area contributed by atoms with Crippen LogP contribution in [-0.2, 0) is 0 Å². The summed E-state index contributed by atoms with van der Waals surface area (Å²) in [5.74, 6) is 7.04. The molecule has 0 aromatic carbocycles. The summed E-state index contributed by atoms with van der Waals surface area (Å²) in [6.45, 7) is 5.07. The van der Waals surface area contributed by atoms with E-state index in [2.05, 4.69) is 29.2 Å². The van der Waals surface area contributed by atoms with Gasteiger partial charge in [0.2, 0.25) is 5.88 Å². The summed E-state index contributed by atoms with van der Waals surface area (Å²) in [7, 11) is 0. The van der Waals surface area contributed by atoms with Crippen molar-refractivity contribution in [1.29, 1.82) is 0 Å². The molecule has 0 aliphatic heterocycles. The lowest BCUT2D eigenvalue weighted by Gasteiger charge is -2.07. The van der Waals surface area contributed by atoms with Crippen LogP contribution in [0.3, 0.4) is 0 Å². The second-order valence-corrected chi connectivity index (χ2v) is 3.77. The van der Waals surface area contributed by atoms with Gasteiger partial charge in [0, 0.05) is 6.07 Å². The molecule has 0 amide bonds. The molecule has 5 nitrogen and oxygen atoms in total. The smallest absolute Gasteiger partial charge is 0.218 e. The van der Waals surface area contributed by atoms with Crippen molar-refractivity contribution in [2.24, 2.45) is 11.8 Å². The molecule has 0 radical (unpaired) electrons. The molecular formula is C10H18N4O. The molecular weight excluding hydrogens is 192 g/mol. The predicted octanol–water partition coefficient (Wildman–Crippen LogP) is 1.58. The van der Waals surface area contributed by atoms with Gasteiger partial charge in [0.25, 0.3) is 0 Å². The van der Waals surface area contributed by atoms with E-state index < -0.39 is 0 Å². The van der Waals surface area contributed by atoms with Crippen molar-refractivity contribution < 1.29 is 4.74 Å². The fourth-order valence-corrected chi connectivity index (χ4v) is 1.17. The summed E-state index contributed by atoms with van der Waals surface area (Å²) in [5.41, 5.74) is 2.44. The minimum Gasteiger partial charge on any atom is -0.478 e. The molecule has 0 bridgehead atoms. The molecule has 3 N–H and O–H groups in total. The Kier molecular flexibility index (Phi) is 4.83. The van der Waals surface area contributed by atoms with Crippen LogP contribution in [0.1, 0.15) is 26.7 Å². The number of nitrogens with zero attached hydrogens (tertiary/aromatic N) is 2. The number of hydrazine groups is 1. The lowest BCUT2D eigenvalue weighted by molar-refractivity contribution is 0.287. The van der Waals surface area contributed by atoms with Crippen LogP contribution in [0.5, 0.6) is 5.88 Å². The number of aromatic nitrogens is 2. The summed E-state index contributed by atoms with van der Waals surface area (Å²) in [4.78, 5) is 7.86. The second-order valence-electron chi connectivity index (χ2n) is 3.77. The van der Waals surface area contributed by atoms with Gasteiger partial charge in [-0.25, -0.2) is 15.8 Å². The zero-order valence-corrected chi connectivity index (χ0v) is 9.23. The summed E-state index contributed by atoms with van der Waals surface area (Å²) in [6, 6.07) is 1.68. The minimum atomic E-state index is 0.557. The third kappa shape index (κ3) is 4.60. The average molecular weight is 210 g/mol. The van der Waals surface area contributed by atoms with E-state index in [1.165, 1.54) is 6.33 Å². The third-order valence-electron chi connectivity index (χ3n) is 1.97. The maximum Gasteiger partial charge on any atom is 0.218 e. The van der Waals surface area contributed by atoms with Crippen LogP contribution in [0.4, 0.5) is 5.82 Å². The van der Waals surface area contributed by atoms with Crippen LogP contribution >= 0.6 is 0 Å². The van der Waals surface area contributed by atoms with Gasteiger partial charge in [-0.3, -0.25) is 0 Å². The normalized spacial score (nSPS) is 10.4. The molecule has 15 heavy (non-hydrogen) atoms. The van der Waals surface area contributed by atoms with Crippen LogP contribution in [0, 0.1) is 5.92 Å². The van der Waals surface area contributed by atoms with Crippen molar-refractivity contribution in [3.8, 4) is 5.88 Å². The highest BCUT2D eigenvalue weighted by Gasteiger charge is 1.99. The predicted molar refractivity (Wildman–Crippen MR) is 59.4 cm³/mol. The number of nitrogens with two attached hydrogens (primary N) is 1. The van der Waals surface area contributed by atoms with Gasteiger partial charge in [0.1, 0.15) is 12.1 Å². The number of rotatable bonds is 6. The van der Waals surface area contributed by atoms with E-state index in [0.717, 1.165) is 12.8 Å². The summed E-state index contributed by atoms with van der Waals surface area (Å²) in [5, 5.41) is 0. The molecule has 0 saturated heterocycles. The first-order valence-corrected chi connectivity index (χ1v) is 5.14. The van der Waals surface area contributed by atoms with E-state index in [-0.39, 0.29) is 0 Å². The second kappa shape index (κ2) is 6.19. The van der Waals surface area contributed by atoms with Crippen molar-refractivity contribution in [3.63, 3.8) is 0 Å². The number of nitrogen functional groups attached to an aromatic ring is 1. The largest absolute Gasteiger partial charge is 0.478 e. The Balaban J connectivity index is 2.30. The molecule has 1 heterocycles. The van der Waals surface area contributed by atoms with E-state index in [0.29, 0.717) is 24.2 Å². The van der Waals surface area contributed by atoms with Crippen LogP contribution < -0.4 is 16.0 Å². The highest BCUT2D eigenvalue weighted by atomic mass is 16.5. The van der Waals surface area contributed by atoms with E-state index in [9.17, 15) is 0 Å². The van der Waals surface area contributed by atoms with Crippen molar-refractivity contribution in [3.05, 3.63) is 12.4 Å². The summed E-state index contributed by atoms with van der Waals surface area (Å²) >= 11 is 0. The molecule has 0 spiro atoms. The van der Waals surface area contributed by atoms with Gasteiger partial charge >= 0.3 is 0 Å². The first-order chi connectivity index (χ1) is 7.22. The molecule has 1 aromatic rings. The molecule has 0 unspecified atom stereocenters. The average Bonchev–Trinajstić information content (AvgIpc) is 2.24. The Morgan fingerprint density at radius 2 is 2.27 bits per heavy atom. The first kappa shape index (κ1) is 11.7. The van der Waals surface area contributed by atoms with Crippen LogP contribution in [-0.4, -0.2) is 16.6 Å². The van der Waals surface area contributed by atoms with Crippen LogP contribution in [0.25, 0.3) is 0 Å². The van der Waals surface area contributed by atoms with Crippen molar-refractivity contribution in [2.75, 3.05) is 12.0 Å². The minimum absolute atomic E-state index is 0.557. The Labute approximate surface area is 90.0 Å². The molecule has 5 heteroatoms. The lowest BCUT2D eigenvalue weighted by Crippen LogP contribution is -2.09. The highest BCUT2D eigenvalue weighted by molar-refractivity contribution is 5.35. The highest BCUT2D eigenvalue weighted by Crippen LogP contribution is 2.11. The number of anilines is 1. The van der Waals surface area contributed by atoms with Gasteiger partial charge in [-0.1, -0.05) is 13.8 Å². The molecule has 1 rings (SSSR count).